The van der Waals surface area contributed by atoms with E-state index in [4.69, 9.17) is 9.47 Å². The van der Waals surface area contributed by atoms with Gasteiger partial charge in [0, 0.05) is 19.0 Å². The smallest absolute Gasteiger partial charge is 0.220 e. The molecule has 0 aliphatic rings. The molecule has 0 aliphatic carbocycles. The fourth-order valence-electron chi connectivity index (χ4n) is 2.30. The van der Waals surface area contributed by atoms with E-state index in [-0.39, 0.29) is 11.7 Å². The summed E-state index contributed by atoms with van der Waals surface area (Å²) in [6.07, 6.45) is 0.909. The molecule has 1 N–H and O–H groups in total. The molecule has 0 unspecified atom stereocenters. The molecule has 1 amide bonds. The van der Waals surface area contributed by atoms with E-state index in [0.717, 1.165) is 11.1 Å². The summed E-state index contributed by atoms with van der Waals surface area (Å²) in [5, 5.41) is 2.80. The number of halogens is 1. The molecule has 24 heavy (non-hydrogen) atoms. The molecule has 0 fully saturated rings. The number of nitrogens with one attached hydrogen (secondary N) is 1. The normalized spacial score (nSPS) is 10.3. The second-order valence-corrected chi connectivity index (χ2v) is 5.58. The van der Waals surface area contributed by atoms with Gasteiger partial charge in [0.25, 0.3) is 0 Å². The number of amides is 1. The number of carbonyl (C=O) groups excluding carboxylic acids is 1. The van der Waals surface area contributed by atoms with Crippen LogP contribution in [0, 0.1) is 12.7 Å². The number of methoxy groups -OCH3 is 2. The quantitative estimate of drug-likeness (QED) is 0.846. The lowest BCUT2D eigenvalue weighted by Crippen LogP contribution is -2.23. The van der Waals surface area contributed by atoms with Crippen molar-refractivity contribution in [2.24, 2.45) is 0 Å². The molecule has 0 atom stereocenters. The summed E-state index contributed by atoms with van der Waals surface area (Å²) >= 11 is 0. The van der Waals surface area contributed by atoms with Crippen LogP contribution in [0.15, 0.2) is 36.4 Å². The average Bonchev–Trinajstić information content (AvgIpc) is 2.60. The standard InChI is InChI=1S/C19H22FNO3/c1-13-4-5-15(10-18(13)20)12-21-19(22)7-6-14-8-16(23-2)11-17(9-14)24-3/h4-5,8-11H,6-7,12H2,1-3H3,(H,21,22). The zero-order chi connectivity index (χ0) is 17.5. The van der Waals surface area contributed by atoms with Crippen LogP contribution < -0.4 is 14.8 Å². The SMILES string of the molecule is COc1cc(CCC(=O)NCc2ccc(C)c(F)c2)cc(OC)c1. The van der Waals surface area contributed by atoms with E-state index in [1.807, 2.05) is 18.2 Å². The number of hydrogen-bond acceptors (Lipinski definition) is 3. The third-order valence-corrected chi connectivity index (χ3v) is 3.78. The number of benzene rings is 2. The largest absolute Gasteiger partial charge is 0.497 e. The van der Waals surface area contributed by atoms with Gasteiger partial charge in [-0.05, 0) is 48.2 Å². The lowest BCUT2D eigenvalue weighted by atomic mass is 10.1. The van der Waals surface area contributed by atoms with Gasteiger partial charge in [0.1, 0.15) is 17.3 Å². The summed E-state index contributed by atoms with van der Waals surface area (Å²) in [6.45, 7) is 2.03. The van der Waals surface area contributed by atoms with Crippen molar-refractivity contribution in [1.29, 1.82) is 0 Å². The maximum absolute atomic E-state index is 13.5. The van der Waals surface area contributed by atoms with E-state index in [2.05, 4.69) is 5.32 Å². The van der Waals surface area contributed by atoms with Crippen molar-refractivity contribution in [3.63, 3.8) is 0 Å². The Morgan fingerprint density at radius 3 is 2.29 bits per heavy atom. The number of hydrogen-bond donors (Lipinski definition) is 1. The monoisotopic (exact) mass is 331 g/mol. The highest BCUT2D eigenvalue weighted by Crippen LogP contribution is 2.23. The number of rotatable bonds is 7. The third kappa shape index (κ3) is 4.98. The maximum Gasteiger partial charge on any atom is 0.220 e. The van der Waals surface area contributed by atoms with Gasteiger partial charge >= 0.3 is 0 Å². The summed E-state index contributed by atoms with van der Waals surface area (Å²) in [7, 11) is 3.18. The Bertz CT molecular complexity index is 694. The number of aryl methyl sites for hydroxylation is 2. The van der Waals surface area contributed by atoms with Crippen molar-refractivity contribution in [3.05, 3.63) is 58.9 Å². The molecule has 0 heterocycles. The van der Waals surface area contributed by atoms with E-state index < -0.39 is 0 Å². The molecule has 0 aromatic heterocycles. The van der Waals surface area contributed by atoms with E-state index in [9.17, 15) is 9.18 Å². The van der Waals surface area contributed by atoms with E-state index >= 15 is 0 Å². The molecular weight excluding hydrogens is 309 g/mol. The zero-order valence-electron chi connectivity index (χ0n) is 14.2. The lowest BCUT2D eigenvalue weighted by molar-refractivity contribution is -0.121. The van der Waals surface area contributed by atoms with Gasteiger partial charge in [-0.1, -0.05) is 12.1 Å². The third-order valence-electron chi connectivity index (χ3n) is 3.78. The van der Waals surface area contributed by atoms with Gasteiger partial charge in [-0.25, -0.2) is 4.39 Å². The van der Waals surface area contributed by atoms with E-state index in [1.165, 1.54) is 6.07 Å². The van der Waals surface area contributed by atoms with Crippen LogP contribution in [0.2, 0.25) is 0 Å². The first-order valence-electron chi connectivity index (χ1n) is 7.75. The van der Waals surface area contributed by atoms with Crippen molar-refractivity contribution >= 4 is 5.91 Å². The van der Waals surface area contributed by atoms with Crippen molar-refractivity contribution in [2.75, 3.05) is 14.2 Å². The predicted octanol–water partition coefficient (Wildman–Crippen LogP) is 3.40. The van der Waals surface area contributed by atoms with Crippen molar-refractivity contribution < 1.29 is 18.7 Å². The number of ether oxygens (including phenoxy) is 2. The van der Waals surface area contributed by atoms with Gasteiger partial charge in [0.2, 0.25) is 5.91 Å². The molecule has 2 aromatic rings. The topological polar surface area (TPSA) is 47.6 Å². The Kier molecular flexibility index (Phi) is 6.18. The first-order chi connectivity index (χ1) is 11.5. The molecule has 0 radical (unpaired) electrons. The summed E-state index contributed by atoms with van der Waals surface area (Å²) in [4.78, 5) is 12.0. The highest BCUT2D eigenvalue weighted by Gasteiger charge is 2.07. The van der Waals surface area contributed by atoms with Crippen molar-refractivity contribution in [2.45, 2.75) is 26.3 Å². The summed E-state index contributed by atoms with van der Waals surface area (Å²) < 4.78 is 23.9. The summed E-state index contributed by atoms with van der Waals surface area (Å²) in [5.74, 6) is 1.04. The van der Waals surface area contributed by atoms with E-state index in [0.29, 0.717) is 36.4 Å². The highest BCUT2D eigenvalue weighted by atomic mass is 19.1. The predicted molar refractivity (Wildman–Crippen MR) is 90.9 cm³/mol. The molecule has 0 saturated carbocycles. The molecule has 0 spiro atoms. The molecule has 2 rings (SSSR count). The summed E-state index contributed by atoms with van der Waals surface area (Å²) in [5.41, 5.74) is 2.30. The second-order valence-electron chi connectivity index (χ2n) is 5.58. The van der Waals surface area contributed by atoms with Crippen LogP contribution in [-0.2, 0) is 17.8 Å². The average molecular weight is 331 g/mol. The highest BCUT2D eigenvalue weighted by molar-refractivity contribution is 5.76. The Hall–Kier alpha value is -2.56. The van der Waals surface area contributed by atoms with Gasteiger partial charge < -0.3 is 14.8 Å². The van der Waals surface area contributed by atoms with Crippen molar-refractivity contribution in [1.82, 2.24) is 5.32 Å². The van der Waals surface area contributed by atoms with Gasteiger partial charge in [-0.2, -0.15) is 0 Å². The minimum atomic E-state index is -0.259. The Labute approximate surface area is 141 Å². The van der Waals surface area contributed by atoms with Crippen LogP contribution >= 0.6 is 0 Å². The molecule has 4 nitrogen and oxygen atoms in total. The fourth-order valence-corrected chi connectivity index (χ4v) is 2.30. The van der Waals surface area contributed by atoms with Crippen LogP contribution in [0.4, 0.5) is 4.39 Å². The van der Waals surface area contributed by atoms with Gasteiger partial charge in [0.05, 0.1) is 14.2 Å². The Morgan fingerprint density at radius 1 is 1.04 bits per heavy atom. The van der Waals surface area contributed by atoms with Crippen LogP contribution in [0.5, 0.6) is 11.5 Å². The maximum atomic E-state index is 13.5. The minimum Gasteiger partial charge on any atom is -0.497 e. The number of carbonyl (C=O) groups is 1. The van der Waals surface area contributed by atoms with Crippen LogP contribution in [0.3, 0.4) is 0 Å². The van der Waals surface area contributed by atoms with Crippen LogP contribution in [0.25, 0.3) is 0 Å². The van der Waals surface area contributed by atoms with Gasteiger partial charge in [0.15, 0.2) is 0 Å². The molecule has 5 heteroatoms. The molecule has 0 bridgehead atoms. The first-order valence-corrected chi connectivity index (χ1v) is 7.75. The molecule has 0 saturated heterocycles. The van der Waals surface area contributed by atoms with Crippen LogP contribution in [-0.4, -0.2) is 20.1 Å². The zero-order valence-corrected chi connectivity index (χ0v) is 14.2. The van der Waals surface area contributed by atoms with Gasteiger partial charge in [-0.15, -0.1) is 0 Å². The van der Waals surface area contributed by atoms with Crippen LogP contribution in [0.1, 0.15) is 23.1 Å². The van der Waals surface area contributed by atoms with E-state index in [1.54, 1.807) is 33.3 Å². The Balaban J connectivity index is 1.87. The second kappa shape index (κ2) is 8.34. The lowest BCUT2D eigenvalue weighted by Gasteiger charge is -2.09. The molecule has 128 valence electrons. The first kappa shape index (κ1) is 17.8. The van der Waals surface area contributed by atoms with Crippen molar-refractivity contribution in [3.8, 4) is 11.5 Å². The summed E-state index contributed by atoms with van der Waals surface area (Å²) in [6, 6.07) is 10.5. The minimum absolute atomic E-state index is 0.0854. The molecule has 2 aromatic carbocycles. The molecule has 0 aliphatic heterocycles. The Morgan fingerprint density at radius 2 is 1.71 bits per heavy atom. The molecular formula is C19H22FNO3. The van der Waals surface area contributed by atoms with Gasteiger partial charge in [-0.3, -0.25) is 4.79 Å². The fraction of sp³-hybridized carbons (Fsp3) is 0.316.